The van der Waals surface area contributed by atoms with E-state index in [1.165, 1.54) is 0 Å². The van der Waals surface area contributed by atoms with Crippen molar-refractivity contribution in [1.29, 1.82) is 0 Å². The maximum atomic E-state index is 11.8. The van der Waals surface area contributed by atoms with Crippen LogP contribution in [0.4, 0.5) is 5.69 Å². The molecule has 0 fully saturated rings. The highest BCUT2D eigenvalue weighted by Gasteiger charge is 2.14. The maximum Gasteiger partial charge on any atom is 0.313 e. The molecule has 0 atom stereocenters. The zero-order valence-electron chi connectivity index (χ0n) is 12.1. The normalized spacial score (nSPS) is 10.1. The highest BCUT2D eigenvalue weighted by atomic mass is 79.9. The average molecular weight is 362 g/mol. The third kappa shape index (κ3) is 4.66. The van der Waals surface area contributed by atoms with Crippen molar-refractivity contribution < 1.29 is 9.59 Å². The number of halogens is 1. The largest absolute Gasteiger partial charge is 0.347 e. The van der Waals surface area contributed by atoms with E-state index in [0.29, 0.717) is 18.7 Å². The van der Waals surface area contributed by atoms with E-state index in [9.17, 15) is 9.59 Å². The Hall–Kier alpha value is -2.21. The SMILES string of the molecule is Cc1ccc(NC(=O)C(=O)NCCc2ccccn2)c(Br)c1. The van der Waals surface area contributed by atoms with Gasteiger partial charge in [-0.2, -0.15) is 0 Å². The smallest absolute Gasteiger partial charge is 0.313 e. The fourth-order valence-corrected chi connectivity index (χ4v) is 2.42. The van der Waals surface area contributed by atoms with E-state index >= 15 is 0 Å². The molecule has 0 saturated carbocycles. The van der Waals surface area contributed by atoms with E-state index in [1.54, 1.807) is 12.3 Å². The van der Waals surface area contributed by atoms with Crippen LogP contribution in [0.2, 0.25) is 0 Å². The van der Waals surface area contributed by atoms with E-state index in [2.05, 4.69) is 31.5 Å². The number of carbonyl (C=O) groups excluding carboxylic acids is 2. The van der Waals surface area contributed by atoms with Gasteiger partial charge >= 0.3 is 11.8 Å². The summed E-state index contributed by atoms with van der Waals surface area (Å²) in [5.74, 6) is -1.35. The van der Waals surface area contributed by atoms with Crippen LogP contribution in [-0.2, 0) is 16.0 Å². The Morgan fingerprint density at radius 1 is 1.18 bits per heavy atom. The van der Waals surface area contributed by atoms with Gasteiger partial charge in [-0.3, -0.25) is 14.6 Å². The molecule has 1 heterocycles. The van der Waals surface area contributed by atoms with Crippen molar-refractivity contribution in [3.8, 4) is 0 Å². The number of amides is 2. The lowest BCUT2D eigenvalue weighted by atomic mass is 10.2. The molecule has 114 valence electrons. The van der Waals surface area contributed by atoms with Crippen LogP contribution in [0.3, 0.4) is 0 Å². The summed E-state index contributed by atoms with van der Waals surface area (Å²) in [4.78, 5) is 27.7. The third-order valence-electron chi connectivity index (χ3n) is 2.97. The standard InChI is InChI=1S/C16H16BrN3O2/c1-11-5-6-14(13(17)10-11)20-16(22)15(21)19-9-7-12-4-2-3-8-18-12/h2-6,8,10H,7,9H2,1H3,(H,19,21)(H,20,22). The number of rotatable bonds is 4. The van der Waals surface area contributed by atoms with Crippen molar-refractivity contribution >= 4 is 33.4 Å². The van der Waals surface area contributed by atoms with Crippen molar-refractivity contribution in [3.63, 3.8) is 0 Å². The quantitative estimate of drug-likeness (QED) is 0.821. The molecule has 2 amide bonds. The van der Waals surface area contributed by atoms with Gasteiger partial charge in [0.2, 0.25) is 0 Å². The van der Waals surface area contributed by atoms with E-state index in [-0.39, 0.29) is 0 Å². The number of nitrogens with one attached hydrogen (secondary N) is 2. The van der Waals surface area contributed by atoms with Gasteiger partial charge in [-0.15, -0.1) is 0 Å². The summed E-state index contributed by atoms with van der Waals surface area (Å²) in [5, 5.41) is 5.15. The van der Waals surface area contributed by atoms with Gasteiger partial charge in [0.25, 0.3) is 0 Å². The minimum absolute atomic E-state index is 0.359. The van der Waals surface area contributed by atoms with Crippen molar-refractivity contribution in [3.05, 3.63) is 58.3 Å². The molecule has 0 spiro atoms. The summed E-state index contributed by atoms with van der Waals surface area (Å²) >= 11 is 3.35. The Morgan fingerprint density at radius 2 is 2.00 bits per heavy atom. The summed E-state index contributed by atoms with van der Waals surface area (Å²) in [6, 6.07) is 11.1. The molecule has 2 N–H and O–H groups in total. The molecular formula is C16H16BrN3O2. The van der Waals surface area contributed by atoms with E-state index < -0.39 is 11.8 Å². The second kappa shape index (κ2) is 7.70. The van der Waals surface area contributed by atoms with Crippen molar-refractivity contribution in [2.75, 3.05) is 11.9 Å². The Kier molecular flexibility index (Phi) is 5.66. The zero-order chi connectivity index (χ0) is 15.9. The minimum Gasteiger partial charge on any atom is -0.347 e. The molecule has 0 bridgehead atoms. The van der Waals surface area contributed by atoms with Gasteiger partial charge in [0.15, 0.2) is 0 Å². The number of carbonyl (C=O) groups is 2. The number of pyridine rings is 1. The fourth-order valence-electron chi connectivity index (χ4n) is 1.83. The molecular weight excluding hydrogens is 346 g/mol. The molecule has 0 radical (unpaired) electrons. The fraction of sp³-hybridized carbons (Fsp3) is 0.188. The van der Waals surface area contributed by atoms with Crippen molar-refractivity contribution in [2.24, 2.45) is 0 Å². The van der Waals surface area contributed by atoms with Crippen LogP contribution in [0.1, 0.15) is 11.3 Å². The molecule has 6 heteroatoms. The molecule has 1 aromatic heterocycles. The minimum atomic E-state index is -0.689. The van der Waals surface area contributed by atoms with Gasteiger partial charge in [0.1, 0.15) is 0 Å². The van der Waals surface area contributed by atoms with Crippen LogP contribution in [0.25, 0.3) is 0 Å². The molecule has 0 saturated heterocycles. The summed E-state index contributed by atoms with van der Waals surface area (Å²) < 4.78 is 0.738. The number of hydrogen-bond acceptors (Lipinski definition) is 3. The number of aryl methyl sites for hydroxylation is 1. The molecule has 0 aliphatic carbocycles. The number of anilines is 1. The maximum absolute atomic E-state index is 11.8. The topological polar surface area (TPSA) is 71.1 Å². The zero-order valence-corrected chi connectivity index (χ0v) is 13.7. The first-order valence-electron chi connectivity index (χ1n) is 6.81. The molecule has 2 aromatic rings. The first kappa shape index (κ1) is 16.2. The van der Waals surface area contributed by atoms with Crippen LogP contribution >= 0.6 is 15.9 Å². The van der Waals surface area contributed by atoms with Crippen LogP contribution in [0.5, 0.6) is 0 Å². The Morgan fingerprint density at radius 3 is 2.68 bits per heavy atom. The van der Waals surface area contributed by atoms with Crippen LogP contribution in [-0.4, -0.2) is 23.3 Å². The first-order chi connectivity index (χ1) is 10.6. The molecule has 22 heavy (non-hydrogen) atoms. The molecule has 0 aliphatic rings. The summed E-state index contributed by atoms with van der Waals surface area (Å²) in [6.07, 6.45) is 2.27. The van der Waals surface area contributed by atoms with Gasteiger partial charge in [0, 0.05) is 29.3 Å². The second-order valence-electron chi connectivity index (χ2n) is 4.76. The number of benzene rings is 1. The lowest BCUT2D eigenvalue weighted by Crippen LogP contribution is -2.36. The van der Waals surface area contributed by atoms with Gasteiger partial charge in [0.05, 0.1) is 5.69 Å². The van der Waals surface area contributed by atoms with Crippen LogP contribution in [0.15, 0.2) is 47.1 Å². The summed E-state index contributed by atoms with van der Waals surface area (Å²) in [7, 11) is 0. The lowest BCUT2D eigenvalue weighted by molar-refractivity contribution is -0.136. The molecule has 5 nitrogen and oxygen atoms in total. The predicted octanol–water partition coefficient (Wildman–Crippen LogP) is 2.45. The van der Waals surface area contributed by atoms with E-state index in [1.807, 2.05) is 37.3 Å². The van der Waals surface area contributed by atoms with E-state index in [4.69, 9.17) is 0 Å². The third-order valence-corrected chi connectivity index (χ3v) is 3.63. The van der Waals surface area contributed by atoms with Crippen molar-refractivity contribution in [1.82, 2.24) is 10.3 Å². The highest BCUT2D eigenvalue weighted by Crippen LogP contribution is 2.23. The Balaban J connectivity index is 1.83. The Labute approximate surface area is 137 Å². The molecule has 0 unspecified atom stereocenters. The van der Waals surface area contributed by atoms with Gasteiger partial charge in [-0.25, -0.2) is 0 Å². The molecule has 0 aliphatic heterocycles. The summed E-state index contributed by atoms with van der Waals surface area (Å²) in [6.45, 7) is 2.30. The van der Waals surface area contributed by atoms with Gasteiger partial charge < -0.3 is 10.6 Å². The second-order valence-corrected chi connectivity index (χ2v) is 5.62. The van der Waals surface area contributed by atoms with Gasteiger partial charge in [-0.1, -0.05) is 12.1 Å². The average Bonchev–Trinajstić information content (AvgIpc) is 2.51. The lowest BCUT2D eigenvalue weighted by Gasteiger charge is -2.08. The number of aromatic nitrogens is 1. The highest BCUT2D eigenvalue weighted by molar-refractivity contribution is 9.10. The predicted molar refractivity (Wildman–Crippen MR) is 88.5 cm³/mol. The van der Waals surface area contributed by atoms with Crippen molar-refractivity contribution in [2.45, 2.75) is 13.3 Å². The monoisotopic (exact) mass is 361 g/mol. The van der Waals surface area contributed by atoms with E-state index in [0.717, 1.165) is 15.7 Å². The first-order valence-corrected chi connectivity index (χ1v) is 7.61. The number of hydrogen-bond donors (Lipinski definition) is 2. The van der Waals surface area contributed by atoms with Crippen LogP contribution in [0, 0.1) is 6.92 Å². The Bertz CT molecular complexity index is 674. The van der Waals surface area contributed by atoms with Crippen LogP contribution < -0.4 is 10.6 Å². The molecule has 2 rings (SSSR count). The van der Waals surface area contributed by atoms with Gasteiger partial charge in [-0.05, 0) is 52.7 Å². The molecule has 1 aromatic carbocycles. The number of nitrogens with zero attached hydrogens (tertiary/aromatic N) is 1. The summed E-state index contributed by atoms with van der Waals surface area (Å²) in [5.41, 5.74) is 2.49.